The molecule has 1 N–H and O–H groups in total. The van der Waals surface area contributed by atoms with Gasteiger partial charge in [0.25, 0.3) is 0 Å². The number of aromatic nitrogens is 1. The van der Waals surface area contributed by atoms with Crippen molar-refractivity contribution >= 4 is 27.8 Å². The van der Waals surface area contributed by atoms with Gasteiger partial charge in [-0.25, -0.2) is 9.78 Å². The van der Waals surface area contributed by atoms with E-state index in [2.05, 4.69) is 33.2 Å². The van der Waals surface area contributed by atoms with Crippen molar-refractivity contribution in [3.63, 3.8) is 0 Å². The molecule has 1 aromatic heterocycles. The normalized spacial score (nSPS) is 20.1. The van der Waals surface area contributed by atoms with Gasteiger partial charge in [0.1, 0.15) is 5.82 Å². The molecule has 2 rings (SSSR count). The Kier molecular flexibility index (Phi) is 3.99. The lowest BCUT2D eigenvalue weighted by molar-refractivity contribution is 0.182. The fourth-order valence-electron chi connectivity index (χ4n) is 2.01. The zero-order chi connectivity index (χ0) is 12.3. The zero-order valence-corrected chi connectivity index (χ0v) is 11.4. The number of carbonyl (C=O) groups is 1. The van der Waals surface area contributed by atoms with Gasteiger partial charge in [-0.3, -0.25) is 5.32 Å². The van der Waals surface area contributed by atoms with Crippen LogP contribution in [0.5, 0.6) is 0 Å². The van der Waals surface area contributed by atoms with Crippen LogP contribution in [0.15, 0.2) is 22.8 Å². The van der Waals surface area contributed by atoms with E-state index in [-0.39, 0.29) is 6.03 Å². The van der Waals surface area contributed by atoms with Gasteiger partial charge in [-0.05, 0) is 46.8 Å². The van der Waals surface area contributed by atoms with Crippen LogP contribution in [0.1, 0.15) is 19.8 Å². The van der Waals surface area contributed by atoms with Crippen molar-refractivity contribution in [3.8, 4) is 0 Å². The second-order valence-corrected chi connectivity index (χ2v) is 5.40. The van der Waals surface area contributed by atoms with Crippen LogP contribution in [0.3, 0.4) is 0 Å². The van der Waals surface area contributed by atoms with Crippen LogP contribution in [0, 0.1) is 5.92 Å². The molecule has 4 nitrogen and oxygen atoms in total. The van der Waals surface area contributed by atoms with Gasteiger partial charge < -0.3 is 4.90 Å². The third-order valence-electron chi connectivity index (χ3n) is 2.91. The largest absolute Gasteiger partial charge is 0.324 e. The number of anilines is 1. The molecule has 1 aliphatic heterocycles. The smallest absolute Gasteiger partial charge is 0.323 e. The van der Waals surface area contributed by atoms with E-state index in [1.165, 1.54) is 6.42 Å². The number of nitrogens with zero attached hydrogens (tertiary/aromatic N) is 2. The van der Waals surface area contributed by atoms with Crippen LogP contribution in [0.25, 0.3) is 0 Å². The van der Waals surface area contributed by atoms with Crippen molar-refractivity contribution < 1.29 is 4.79 Å². The minimum atomic E-state index is -0.0497. The molecule has 0 radical (unpaired) electrons. The number of pyridine rings is 1. The van der Waals surface area contributed by atoms with Crippen LogP contribution >= 0.6 is 15.9 Å². The lowest BCUT2D eigenvalue weighted by atomic mass is 10.0. The lowest BCUT2D eigenvalue weighted by Gasteiger charge is -2.30. The molecule has 92 valence electrons. The van der Waals surface area contributed by atoms with E-state index in [0.29, 0.717) is 11.7 Å². The number of hydrogen-bond acceptors (Lipinski definition) is 2. The van der Waals surface area contributed by atoms with Crippen molar-refractivity contribution in [2.24, 2.45) is 5.92 Å². The van der Waals surface area contributed by atoms with Crippen molar-refractivity contribution in [1.29, 1.82) is 0 Å². The number of carbonyl (C=O) groups excluding carboxylic acids is 1. The molecule has 1 saturated heterocycles. The molecule has 0 aromatic carbocycles. The Morgan fingerprint density at radius 3 is 3.06 bits per heavy atom. The molecular formula is C12H16BrN3O. The molecule has 1 fully saturated rings. The summed E-state index contributed by atoms with van der Waals surface area (Å²) in [6, 6.07) is 3.60. The molecule has 2 heterocycles. The van der Waals surface area contributed by atoms with Gasteiger partial charge >= 0.3 is 6.03 Å². The van der Waals surface area contributed by atoms with Crippen molar-refractivity contribution in [3.05, 3.63) is 22.8 Å². The number of amides is 2. The van der Waals surface area contributed by atoms with E-state index in [4.69, 9.17) is 0 Å². The number of likely N-dealkylation sites (tertiary alicyclic amines) is 1. The average Bonchev–Trinajstić information content (AvgIpc) is 2.32. The standard InChI is InChI=1S/C12H16BrN3O/c1-9-3-2-6-16(8-9)12(17)15-11-5-4-10(13)7-14-11/h4-5,7,9H,2-3,6,8H2,1H3,(H,14,15,17). The van der Waals surface area contributed by atoms with Gasteiger partial charge in [0, 0.05) is 23.8 Å². The number of hydrogen-bond donors (Lipinski definition) is 1. The monoisotopic (exact) mass is 297 g/mol. The van der Waals surface area contributed by atoms with E-state index >= 15 is 0 Å². The summed E-state index contributed by atoms with van der Waals surface area (Å²) < 4.78 is 0.905. The molecule has 1 unspecified atom stereocenters. The maximum atomic E-state index is 12.0. The predicted molar refractivity (Wildman–Crippen MR) is 70.9 cm³/mol. The zero-order valence-electron chi connectivity index (χ0n) is 9.82. The van der Waals surface area contributed by atoms with Gasteiger partial charge in [0.2, 0.25) is 0 Å². The van der Waals surface area contributed by atoms with Gasteiger partial charge in [0.15, 0.2) is 0 Å². The molecule has 1 atom stereocenters. The highest BCUT2D eigenvalue weighted by Crippen LogP contribution is 2.17. The third-order valence-corrected chi connectivity index (χ3v) is 3.38. The highest BCUT2D eigenvalue weighted by molar-refractivity contribution is 9.10. The number of rotatable bonds is 1. The van der Waals surface area contributed by atoms with E-state index in [1.54, 1.807) is 12.3 Å². The van der Waals surface area contributed by atoms with Crippen LogP contribution < -0.4 is 5.32 Å². The molecule has 5 heteroatoms. The van der Waals surface area contributed by atoms with Crippen molar-refractivity contribution in [2.75, 3.05) is 18.4 Å². The predicted octanol–water partition coefficient (Wildman–Crippen LogP) is 3.11. The first-order chi connectivity index (χ1) is 8.15. The molecule has 1 aromatic rings. The molecular weight excluding hydrogens is 282 g/mol. The summed E-state index contributed by atoms with van der Waals surface area (Å²) in [6.45, 7) is 3.85. The molecule has 0 aliphatic carbocycles. The first-order valence-electron chi connectivity index (χ1n) is 5.82. The van der Waals surface area contributed by atoms with Gasteiger partial charge in [-0.15, -0.1) is 0 Å². The molecule has 0 saturated carbocycles. The topological polar surface area (TPSA) is 45.2 Å². The quantitative estimate of drug-likeness (QED) is 0.866. The summed E-state index contributed by atoms with van der Waals surface area (Å²) in [5.74, 6) is 1.18. The van der Waals surface area contributed by atoms with Crippen LogP contribution in [0.2, 0.25) is 0 Å². The van der Waals surface area contributed by atoms with Gasteiger partial charge in [-0.1, -0.05) is 6.92 Å². The summed E-state index contributed by atoms with van der Waals surface area (Å²) in [5.41, 5.74) is 0. The maximum absolute atomic E-state index is 12.0. The van der Waals surface area contributed by atoms with E-state index in [0.717, 1.165) is 24.0 Å². The highest BCUT2D eigenvalue weighted by atomic mass is 79.9. The first-order valence-corrected chi connectivity index (χ1v) is 6.62. The van der Waals surface area contributed by atoms with Crippen molar-refractivity contribution in [2.45, 2.75) is 19.8 Å². The van der Waals surface area contributed by atoms with E-state index in [1.807, 2.05) is 11.0 Å². The van der Waals surface area contributed by atoms with Gasteiger partial charge in [0.05, 0.1) is 0 Å². The van der Waals surface area contributed by atoms with Crippen LogP contribution in [-0.2, 0) is 0 Å². The minimum absolute atomic E-state index is 0.0497. The third kappa shape index (κ3) is 3.43. The Balaban J connectivity index is 1.94. The number of urea groups is 1. The minimum Gasteiger partial charge on any atom is -0.324 e. The summed E-state index contributed by atoms with van der Waals surface area (Å²) in [4.78, 5) is 17.9. The SMILES string of the molecule is CC1CCCN(C(=O)Nc2ccc(Br)cn2)C1. The summed E-state index contributed by atoms with van der Waals surface area (Å²) in [7, 11) is 0. The molecule has 2 amide bonds. The Bertz CT molecular complexity index is 393. The Labute approximate surface area is 110 Å². The summed E-state index contributed by atoms with van der Waals surface area (Å²) in [6.07, 6.45) is 3.97. The molecule has 17 heavy (non-hydrogen) atoms. The highest BCUT2D eigenvalue weighted by Gasteiger charge is 2.20. The molecule has 1 aliphatic rings. The van der Waals surface area contributed by atoms with E-state index in [9.17, 15) is 4.79 Å². The van der Waals surface area contributed by atoms with Crippen LogP contribution in [-0.4, -0.2) is 29.0 Å². The second-order valence-electron chi connectivity index (χ2n) is 4.49. The number of nitrogens with one attached hydrogen (secondary N) is 1. The molecule has 0 bridgehead atoms. The fraction of sp³-hybridized carbons (Fsp3) is 0.500. The maximum Gasteiger partial charge on any atom is 0.323 e. The van der Waals surface area contributed by atoms with Crippen LogP contribution in [0.4, 0.5) is 10.6 Å². The first kappa shape index (κ1) is 12.4. The second kappa shape index (κ2) is 5.49. The lowest BCUT2D eigenvalue weighted by Crippen LogP contribution is -2.41. The Morgan fingerprint density at radius 1 is 1.59 bits per heavy atom. The summed E-state index contributed by atoms with van der Waals surface area (Å²) in [5, 5.41) is 2.81. The fourth-order valence-corrected chi connectivity index (χ4v) is 2.25. The number of halogens is 1. The van der Waals surface area contributed by atoms with Gasteiger partial charge in [-0.2, -0.15) is 0 Å². The van der Waals surface area contributed by atoms with E-state index < -0.39 is 0 Å². The van der Waals surface area contributed by atoms with Crippen molar-refractivity contribution in [1.82, 2.24) is 9.88 Å². The Hall–Kier alpha value is -1.10. The average molecular weight is 298 g/mol. The molecule has 0 spiro atoms. The Morgan fingerprint density at radius 2 is 2.41 bits per heavy atom. The number of piperidine rings is 1. The summed E-state index contributed by atoms with van der Waals surface area (Å²) >= 11 is 3.31.